The van der Waals surface area contributed by atoms with Crippen molar-refractivity contribution in [2.24, 2.45) is 0 Å². The molecule has 0 amide bonds. The maximum Gasteiger partial charge on any atom is 0.320 e. The number of nitriles is 1. The fourth-order valence-electron chi connectivity index (χ4n) is 2.84. The van der Waals surface area contributed by atoms with E-state index < -0.39 is 18.3 Å². The number of carbonyl (C=O) groups excluding carboxylic acids is 1. The van der Waals surface area contributed by atoms with Gasteiger partial charge in [-0.3, -0.25) is 9.36 Å². The largest absolute Gasteiger partial charge is 0.469 e. The number of hydrogen-bond donors (Lipinski definition) is 0. The van der Waals surface area contributed by atoms with E-state index >= 15 is 0 Å². The molecule has 3 rings (SSSR count). The fraction of sp³-hybridized carbons (Fsp3) is 0.278. The number of aryl methyl sites for hydroxylation is 1. The van der Waals surface area contributed by atoms with Crippen molar-refractivity contribution < 1.29 is 18.0 Å². The van der Waals surface area contributed by atoms with Crippen LogP contribution in [0.1, 0.15) is 47.8 Å². The molecule has 1 aromatic carbocycles. The number of benzene rings is 1. The van der Waals surface area contributed by atoms with Crippen LogP contribution in [0.4, 0.5) is 8.78 Å². The number of alkyl halides is 2. The third-order valence-electron chi connectivity index (χ3n) is 3.96. The van der Waals surface area contributed by atoms with Crippen LogP contribution < -0.4 is 0 Å². The number of Topliss-reactive ketones (excluding diaryl/α,β-unsaturated/α-hetero) is 1. The zero-order chi connectivity index (χ0) is 18.0. The summed E-state index contributed by atoms with van der Waals surface area (Å²) in [6.07, 6.45) is 2.64. The van der Waals surface area contributed by atoms with Gasteiger partial charge in [0.15, 0.2) is 11.7 Å². The summed E-state index contributed by atoms with van der Waals surface area (Å²) in [6, 6.07) is 9.60. The fourth-order valence-corrected chi connectivity index (χ4v) is 2.84. The van der Waals surface area contributed by atoms with E-state index in [1.807, 2.05) is 13.0 Å². The number of nitrogens with zero attached hydrogens (tertiary/aromatic N) is 3. The van der Waals surface area contributed by atoms with Gasteiger partial charge in [-0.1, -0.05) is 19.1 Å². The predicted molar refractivity (Wildman–Crippen MR) is 86.4 cm³/mol. The molecule has 7 heteroatoms. The maximum atomic E-state index is 13.6. The molecular formula is C18H15F2N3O2. The van der Waals surface area contributed by atoms with Crippen LogP contribution in [0.5, 0.6) is 0 Å². The molecule has 0 fully saturated rings. The Kier molecular flexibility index (Phi) is 4.61. The Morgan fingerprint density at radius 3 is 2.80 bits per heavy atom. The van der Waals surface area contributed by atoms with Crippen LogP contribution >= 0.6 is 0 Å². The molecule has 0 aliphatic heterocycles. The molecular weight excluding hydrogens is 328 g/mol. The van der Waals surface area contributed by atoms with Crippen LogP contribution in [0.25, 0.3) is 11.0 Å². The maximum absolute atomic E-state index is 13.6. The Bertz CT molecular complexity index is 953. The van der Waals surface area contributed by atoms with Crippen molar-refractivity contribution >= 4 is 16.8 Å². The Labute approximate surface area is 142 Å². The second kappa shape index (κ2) is 6.85. The van der Waals surface area contributed by atoms with Crippen LogP contribution in [0.15, 0.2) is 41.0 Å². The molecule has 0 saturated carbocycles. The highest BCUT2D eigenvalue weighted by molar-refractivity contribution is 6.03. The first kappa shape index (κ1) is 16.8. The zero-order valence-corrected chi connectivity index (χ0v) is 13.4. The number of aromatic nitrogens is 2. The quantitative estimate of drug-likeness (QED) is 0.619. The number of para-hydroxylation sites is 2. The lowest BCUT2D eigenvalue weighted by Gasteiger charge is -2.11. The molecule has 128 valence electrons. The minimum Gasteiger partial charge on any atom is -0.469 e. The molecule has 1 atom stereocenters. The van der Waals surface area contributed by atoms with Crippen LogP contribution in [0.2, 0.25) is 0 Å². The van der Waals surface area contributed by atoms with Gasteiger partial charge in [0.1, 0.15) is 11.6 Å². The number of hydrogen-bond acceptors (Lipinski definition) is 4. The molecule has 0 radical (unpaired) electrons. The van der Waals surface area contributed by atoms with Crippen molar-refractivity contribution in [2.75, 3.05) is 0 Å². The molecule has 0 spiro atoms. The van der Waals surface area contributed by atoms with E-state index in [1.165, 1.54) is 18.4 Å². The number of ketones is 1. The molecule has 0 N–H and O–H groups in total. The van der Waals surface area contributed by atoms with Crippen molar-refractivity contribution in [1.82, 2.24) is 9.55 Å². The summed E-state index contributed by atoms with van der Waals surface area (Å²) in [5, 5.41) is 9.50. The van der Waals surface area contributed by atoms with Crippen molar-refractivity contribution in [2.45, 2.75) is 32.2 Å². The number of imidazole rings is 1. The first-order chi connectivity index (χ1) is 12.1. The molecule has 0 aliphatic carbocycles. The summed E-state index contributed by atoms with van der Waals surface area (Å²) in [5.41, 5.74) is 0.731. The molecule has 0 bridgehead atoms. The van der Waals surface area contributed by atoms with Crippen molar-refractivity contribution in [3.63, 3.8) is 0 Å². The van der Waals surface area contributed by atoms with E-state index in [-0.39, 0.29) is 16.9 Å². The van der Waals surface area contributed by atoms with Gasteiger partial charge in [-0.2, -0.15) is 14.0 Å². The molecule has 25 heavy (non-hydrogen) atoms. The van der Waals surface area contributed by atoms with E-state index in [2.05, 4.69) is 4.98 Å². The smallest absolute Gasteiger partial charge is 0.320 e. The van der Waals surface area contributed by atoms with Gasteiger partial charge in [0, 0.05) is 6.42 Å². The molecule has 3 aromatic rings. The monoisotopic (exact) mass is 343 g/mol. The van der Waals surface area contributed by atoms with Gasteiger partial charge in [-0.25, -0.2) is 4.98 Å². The van der Waals surface area contributed by atoms with Gasteiger partial charge < -0.3 is 4.42 Å². The highest BCUT2D eigenvalue weighted by Gasteiger charge is 2.32. The standard InChI is InChI=1S/C18H15F2N3O2/c1-2-5-15-11(8-9-25-15)16(24)12(10-21)17-22-13-6-3-4-7-14(13)23(17)18(19)20/h3-4,6-9,12,18H,2,5H2,1H3/t12-/m1/s1. The topological polar surface area (TPSA) is 71.8 Å². The van der Waals surface area contributed by atoms with Gasteiger partial charge in [0.2, 0.25) is 0 Å². The highest BCUT2D eigenvalue weighted by Crippen LogP contribution is 2.30. The molecule has 5 nitrogen and oxygen atoms in total. The van der Waals surface area contributed by atoms with Crippen molar-refractivity contribution in [1.29, 1.82) is 5.26 Å². The molecule has 0 aliphatic rings. The molecule has 2 heterocycles. The third-order valence-corrected chi connectivity index (χ3v) is 3.96. The second-order valence-electron chi connectivity index (χ2n) is 5.54. The Morgan fingerprint density at radius 1 is 1.36 bits per heavy atom. The summed E-state index contributed by atoms with van der Waals surface area (Å²) >= 11 is 0. The van der Waals surface area contributed by atoms with Gasteiger partial charge in [-0.05, 0) is 24.6 Å². The van der Waals surface area contributed by atoms with E-state index in [1.54, 1.807) is 18.2 Å². The first-order valence-corrected chi connectivity index (χ1v) is 7.83. The summed E-state index contributed by atoms with van der Waals surface area (Å²) < 4.78 is 33.1. The average molecular weight is 343 g/mol. The minimum atomic E-state index is -2.91. The van der Waals surface area contributed by atoms with E-state index in [4.69, 9.17) is 4.42 Å². The SMILES string of the molecule is CCCc1occc1C(=O)[C@@H](C#N)c1nc2ccccc2n1C(F)F. The third kappa shape index (κ3) is 2.91. The Hall–Kier alpha value is -3.01. The van der Waals surface area contributed by atoms with Gasteiger partial charge in [0.25, 0.3) is 0 Å². The van der Waals surface area contributed by atoms with Crippen LogP contribution in [0, 0.1) is 11.3 Å². The zero-order valence-electron chi connectivity index (χ0n) is 13.4. The number of fused-ring (bicyclic) bond motifs is 1. The van der Waals surface area contributed by atoms with Crippen molar-refractivity contribution in [3.8, 4) is 6.07 Å². The average Bonchev–Trinajstić information content (AvgIpc) is 3.20. The van der Waals surface area contributed by atoms with Crippen LogP contribution in [0.3, 0.4) is 0 Å². The number of carbonyl (C=O) groups is 1. The summed E-state index contributed by atoms with van der Waals surface area (Å²) in [5.74, 6) is -1.83. The van der Waals surface area contributed by atoms with Crippen molar-refractivity contribution in [3.05, 3.63) is 53.7 Å². The number of halogens is 2. The van der Waals surface area contributed by atoms with Crippen LogP contribution in [-0.2, 0) is 6.42 Å². The molecule has 0 saturated heterocycles. The second-order valence-corrected chi connectivity index (χ2v) is 5.54. The van der Waals surface area contributed by atoms with Crippen LogP contribution in [-0.4, -0.2) is 15.3 Å². The van der Waals surface area contributed by atoms with Gasteiger partial charge in [0.05, 0.1) is 28.9 Å². The first-order valence-electron chi connectivity index (χ1n) is 7.83. The summed E-state index contributed by atoms with van der Waals surface area (Å²) in [7, 11) is 0. The van der Waals surface area contributed by atoms with Gasteiger partial charge >= 0.3 is 6.55 Å². The van der Waals surface area contributed by atoms with E-state index in [9.17, 15) is 18.8 Å². The Morgan fingerprint density at radius 2 is 2.12 bits per heavy atom. The van der Waals surface area contributed by atoms with Gasteiger partial charge in [-0.15, -0.1) is 0 Å². The molecule has 2 aromatic heterocycles. The lowest BCUT2D eigenvalue weighted by atomic mass is 9.97. The number of furan rings is 1. The van der Waals surface area contributed by atoms with E-state index in [0.29, 0.717) is 22.3 Å². The normalized spacial score (nSPS) is 12.4. The Balaban J connectivity index is 2.11. The minimum absolute atomic E-state index is 0.182. The molecule has 0 unspecified atom stereocenters. The van der Waals surface area contributed by atoms with E-state index in [0.717, 1.165) is 6.42 Å². The lowest BCUT2D eigenvalue weighted by Crippen LogP contribution is -2.18. The predicted octanol–water partition coefficient (Wildman–Crippen LogP) is 4.47. The highest BCUT2D eigenvalue weighted by atomic mass is 19.3. The lowest BCUT2D eigenvalue weighted by molar-refractivity contribution is 0.0701. The number of rotatable bonds is 6. The summed E-state index contributed by atoms with van der Waals surface area (Å²) in [6.45, 7) is -0.986. The summed E-state index contributed by atoms with van der Waals surface area (Å²) in [4.78, 5) is 16.9.